The zero-order valence-corrected chi connectivity index (χ0v) is 32.3. The average Bonchev–Trinajstić information content (AvgIpc) is 3.71. The lowest BCUT2D eigenvalue weighted by Crippen LogP contribution is -2.38. The molecule has 0 spiro atoms. The van der Waals surface area contributed by atoms with E-state index in [1.54, 1.807) is 0 Å². The van der Waals surface area contributed by atoms with Crippen LogP contribution in [0.5, 0.6) is 17.2 Å². The van der Waals surface area contributed by atoms with Crippen molar-refractivity contribution in [2.45, 2.75) is 17.0 Å². The standard InChI is InChI=1S/C45H15BF18O3/c47-16-10-22(43(62)19-4-1-7-25(50)31(19)37(56)40(43)59)34(53)28(13-16)65-46(66-29-14-17(48)11-23(35(29)54)44(63)20-5-2-8-26(51)32(20)38(57)41(44)60)67-30-15-18(49)12-24(36(30)55)45(64)21-6-3-9-27(52)33(21)39(58)42(45)61/h1-15H. The third-order valence-corrected chi connectivity index (χ3v) is 11.1. The Bertz CT molecular complexity index is 2930. The van der Waals surface area contributed by atoms with E-state index >= 15 is 52.7 Å². The molecule has 342 valence electrons. The van der Waals surface area contributed by atoms with Crippen molar-refractivity contribution in [2.24, 2.45) is 0 Å². The molecule has 3 aliphatic carbocycles. The highest BCUT2D eigenvalue weighted by atomic mass is 19.2. The number of hydrogen-bond donors (Lipinski definition) is 0. The molecule has 67 heavy (non-hydrogen) atoms. The smallest absolute Gasteiger partial charge is 0.487 e. The van der Waals surface area contributed by atoms with Crippen molar-refractivity contribution in [3.8, 4) is 17.2 Å². The van der Waals surface area contributed by atoms with Gasteiger partial charge in [0.1, 0.15) is 52.2 Å². The van der Waals surface area contributed by atoms with Crippen LogP contribution in [0.1, 0.15) is 50.1 Å². The zero-order chi connectivity index (χ0) is 48.4. The van der Waals surface area contributed by atoms with Crippen LogP contribution in [-0.2, 0) is 17.0 Å². The SMILES string of the molecule is FC1=C(F)C(F)(c2cc(F)cc(OB(Oc3cc(F)cc(C4(F)C(F)=C(F)c5c(F)cccc54)c3F)Oc3cc(F)cc(C4(F)C(F)=C(F)c5c(F)cccc54)c3F)c2F)c2cccc(F)c21. The van der Waals surface area contributed by atoms with Crippen LogP contribution < -0.4 is 14.0 Å². The van der Waals surface area contributed by atoms with Gasteiger partial charge in [0.25, 0.3) is 0 Å². The van der Waals surface area contributed by atoms with Crippen molar-refractivity contribution >= 4 is 24.8 Å². The Balaban J connectivity index is 1.20. The van der Waals surface area contributed by atoms with Gasteiger partial charge in [-0.25, -0.2) is 79.0 Å². The number of allylic oxidation sites excluding steroid dienone is 3. The summed E-state index contributed by atoms with van der Waals surface area (Å²) in [7, 11) is -3.40. The molecule has 0 heterocycles. The second-order valence-electron chi connectivity index (χ2n) is 14.8. The highest BCUT2D eigenvalue weighted by Crippen LogP contribution is 2.58. The van der Waals surface area contributed by atoms with Crippen LogP contribution in [0.25, 0.3) is 17.5 Å². The maximum Gasteiger partial charge on any atom is 0.864 e. The fourth-order valence-electron chi connectivity index (χ4n) is 8.12. The zero-order valence-electron chi connectivity index (χ0n) is 32.3. The van der Waals surface area contributed by atoms with E-state index in [1.165, 1.54) is 0 Å². The molecule has 0 amide bonds. The van der Waals surface area contributed by atoms with E-state index in [2.05, 4.69) is 0 Å². The van der Waals surface area contributed by atoms with Crippen LogP contribution in [-0.4, -0.2) is 7.32 Å². The summed E-state index contributed by atoms with van der Waals surface area (Å²) in [5.74, 6) is -36.7. The number of rotatable bonds is 9. The Hall–Kier alpha value is -7.26. The Morgan fingerprint density at radius 3 is 0.836 bits per heavy atom. The van der Waals surface area contributed by atoms with Crippen molar-refractivity contribution in [3.63, 3.8) is 0 Å². The Morgan fingerprint density at radius 1 is 0.328 bits per heavy atom. The van der Waals surface area contributed by atoms with Crippen LogP contribution >= 0.6 is 0 Å². The third-order valence-electron chi connectivity index (χ3n) is 11.1. The van der Waals surface area contributed by atoms with E-state index in [-0.39, 0.29) is 36.4 Å². The normalized spacial score (nSPS) is 20.7. The van der Waals surface area contributed by atoms with Crippen molar-refractivity contribution in [1.29, 1.82) is 0 Å². The summed E-state index contributed by atoms with van der Waals surface area (Å²) in [5.41, 5.74) is -26.2. The second kappa shape index (κ2) is 15.4. The summed E-state index contributed by atoms with van der Waals surface area (Å²) >= 11 is 0. The highest BCUT2D eigenvalue weighted by molar-refractivity contribution is 6.39. The van der Waals surface area contributed by atoms with E-state index in [0.717, 1.165) is 18.2 Å². The van der Waals surface area contributed by atoms with Gasteiger partial charge in [0.2, 0.25) is 17.0 Å². The molecule has 0 N–H and O–H groups in total. The van der Waals surface area contributed by atoms with Crippen molar-refractivity contribution in [3.05, 3.63) is 211 Å². The molecule has 22 heteroatoms. The number of halogens is 18. The monoisotopic (exact) mass is 956 g/mol. The summed E-state index contributed by atoms with van der Waals surface area (Å²) in [6, 6.07) is 5.07. The maximum atomic E-state index is 16.8. The van der Waals surface area contributed by atoms with Gasteiger partial charge in [0.05, 0.1) is 16.7 Å². The molecular weight excluding hydrogens is 941 g/mol. The summed E-state index contributed by atoms with van der Waals surface area (Å²) in [4.78, 5) is 0. The Kier molecular flexibility index (Phi) is 10.3. The van der Waals surface area contributed by atoms with Crippen LogP contribution in [0, 0.1) is 52.4 Å². The van der Waals surface area contributed by atoms with Gasteiger partial charge in [0, 0.05) is 51.6 Å². The Labute approximate surface area is 362 Å². The first-order valence-electron chi connectivity index (χ1n) is 18.7. The van der Waals surface area contributed by atoms with E-state index in [9.17, 15) is 26.3 Å². The van der Waals surface area contributed by atoms with E-state index in [0.29, 0.717) is 36.4 Å². The second-order valence-corrected chi connectivity index (χ2v) is 14.8. The largest absolute Gasteiger partial charge is 0.864 e. The minimum absolute atomic E-state index is 0.0604. The Morgan fingerprint density at radius 2 is 0.582 bits per heavy atom. The number of fused-ring (bicyclic) bond motifs is 3. The average molecular weight is 956 g/mol. The topological polar surface area (TPSA) is 27.7 Å². The molecule has 0 bridgehead atoms. The lowest BCUT2D eigenvalue weighted by atomic mass is 9.88. The first-order chi connectivity index (χ1) is 31.6. The van der Waals surface area contributed by atoms with Gasteiger partial charge in [-0.05, 0) is 36.4 Å². The molecule has 0 saturated carbocycles. The predicted octanol–water partition coefficient (Wildman–Crippen LogP) is 14.0. The molecule has 3 aliphatic rings. The number of alkyl halides is 3. The quantitative estimate of drug-likeness (QED) is 0.107. The summed E-state index contributed by atoms with van der Waals surface area (Å²) in [5, 5.41) is 0. The molecule has 6 aromatic rings. The molecule has 3 unspecified atom stereocenters. The van der Waals surface area contributed by atoms with Crippen molar-refractivity contribution in [2.75, 3.05) is 0 Å². The summed E-state index contributed by atoms with van der Waals surface area (Å²) in [6.07, 6.45) is 0. The predicted molar refractivity (Wildman–Crippen MR) is 199 cm³/mol. The van der Waals surface area contributed by atoms with E-state index < -0.39 is 179 Å². The molecular formula is C45H15BF18O3. The molecule has 0 saturated heterocycles. The molecule has 0 radical (unpaired) electrons. The van der Waals surface area contributed by atoms with Crippen molar-refractivity contribution in [1.82, 2.24) is 0 Å². The number of benzene rings is 6. The van der Waals surface area contributed by atoms with Gasteiger partial charge in [-0.15, -0.1) is 0 Å². The molecule has 9 rings (SSSR count). The number of hydrogen-bond acceptors (Lipinski definition) is 3. The van der Waals surface area contributed by atoms with Crippen molar-refractivity contribution < 1.29 is 93.0 Å². The highest BCUT2D eigenvalue weighted by Gasteiger charge is 2.56. The molecule has 0 fully saturated rings. The third kappa shape index (κ3) is 6.34. The van der Waals surface area contributed by atoms with Crippen LogP contribution in [0.4, 0.5) is 79.0 Å². The van der Waals surface area contributed by atoms with Gasteiger partial charge < -0.3 is 14.0 Å². The van der Waals surface area contributed by atoms with Crippen LogP contribution in [0.15, 0.2) is 108 Å². The molecule has 0 aliphatic heterocycles. The maximum absolute atomic E-state index is 16.8. The minimum atomic E-state index is -4.23. The van der Waals surface area contributed by atoms with Gasteiger partial charge in [-0.3, -0.25) is 0 Å². The summed E-state index contributed by atoms with van der Waals surface area (Å²) < 4.78 is 296. The van der Waals surface area contributed by atoms with Crippen LogP contribution in [0.3, 0.4) is 0 Å². The molecule has 3 atom stereocenters. The van der Waals surface area contributed by atoms with Crippen LogP contribution in [0.2, 0.25) is 0 Å². The van der Waals surface area contributed by atoms with Gasteiger partial charge >= 0.3 is 7.32 Å². The minimum Gasteiger partial charge on any atom is -0.487 e. The fourth-order valence-corrected chi connectivity index (χ4v) is 8.12. The van der Waals surface area contributed by atoms with Gasteiger partial charge in [-0.2, -0.15) is 0 Å². The first-order valence-corrected chi connectivity index (χ1v) is 18.7. The fraction of sp³-hybridized carbons (Fsp3) is 0.0667. The van der Waals surface area contributed by atoms with Gasteiger partial charge in [-0.1, -0.05) is 36.4 Å². The van der Waals surface area contributed by atoms with E-state index in [1.807, 2.05) is 0 Å². The van der Waals surface area contributed by atoms with E-state index in [4.69, 9.17) is 14.0 Å². The first kappa shape index (κ1) is 44.9. The van der Waals surface area contributed by atoms with Gasteiger partial charge in [0.15, 0.2) is 52.4 Å². The molecule has 0 aromatic heterocycles. The lowest BCUT2D eigenvalue weighted by molar-refractivity contribution is 0.218. The summed E-state index contributed by atoms with van der Waals surface area (Å²) in [6.45, 7) is 0. The molecule has 3 nitrogen and oxygen atoms in total. The molecule has 6 aromatic carbocycles. The lowest BCUT2D eigenvalue weighted by Gasteiger charge is -2.26.